The van der Waals surface area contributed by atoms with Gasteiger partial charge >= 0.3 is 5.97 Å². The number of H-pyrrole nitrogens is 1. The number of imidazole rings is 1. The molecule has 1 atom stereocenters. The maximum atomic E-state index is 12.6. The summed E-state index contributed by atoms with van der Waals surface area (Å²) >= 11 is 0. The molecule has 1 aromatic carbocycles. The molecule has 2 aromatic rings. The summed E-state index contributed by atoms with van der Waals surface area (Å²) in [6, 6.07) is 10.6. The van der Waals surface area contributed by atoms with Gasteiger partial charge in [-0.2, -0.15) is 0 Å². The van der Waals surface area contributed by atoms with Crippen LogP contribution in [0.4, 0.5) is 0 Å². The van der Waals surface area contributed by atoms with Crippen LogP contribution in [0, 0.1) is 11.3 Å². The highest BCUT2D eigenvalue weighted by Gasteiger charge is 2.51. The molecule has 0 radical (unpaired) electrons. The first-order chi connectivity index (χ1) is 13.7. The predicted molar refractivity (Wildman–Crippen MR) is 108 cm³/mol. The maximum absolute atomic E-state index is 12.6. The highest BCUT2D eigenvalue weighted by molar-refractivity contribution is 5.74. The average Bonchev–Trinajstić information content (AvgIpc) is 3.37. The molecule has 1 aromatic heterocycles. The largest absolute Gasteiger partial charge is 0.469 e. The molecule has 1 spiro atoms. The Hall–Kier alpha value is -2.18. The highest BCUT2D eigenvalue weighted by Crippen LogP contribution is 2.45. The van der Waals surface area contributed by atoms with Crippen molar-refractivity contribution in [2.24, 2.45) is 11.3 Å². The number of aromatic nitrogens is 2. The number of ether oxygens (including phenoxy) is 1. The molecule has 2 fully saturated rings. The van der Waals surface area contributed by atoms with Crippen molar-refractivity contribution in [1.29, 1.82) is 0 Å². The van der Waals surface area contributed by atoms with Crippen LogP contribution < -0.4 is 0 Å². The lowest BCUT2D eigenvalue weighted by atomic mass is 9.71. The molecule has 6 heteroatoms. The van der Waals surface area contributed by atoms with Crippen LogP contribution in [0.2, 0.25) is 0 Å². The Morgan fingerprint density at radius 2 is 2.04 bits per heavy atom. The van der Waals surface area contributed by atoms with Crippen molar-refractivity contribution in [1.82, 2.24) is 19.8 Å². The van der Waals surface area contributed by atoms with Crippen molar-refractivity contribution in [3.63, 3.8) is 0 Å². The molecule has 3 heterocycles. The summed E-state index contributed by atoms with van der Waals surface area (Å²) in [7, 11) is 1.52. The molecular formula is C22H30N4O2. The predicted octanol–water partition coefficient (Wildman–Crippen LogP) is 2.34. The Bertz CT molecular complexity index is 754. The molecule has 4 rings (SSSR count). The van der Waals surface area contributed by atoms with E-state index in [0.717, 1.165) is 64.4 Å². The second-order valence-electron chi connectivity index (χ2n) is 8.22. The molecule has 1 unspecified atom stereocenters. The minimum absolute atomic E-state index is 0.0148. The van der Waals surface area contributed by atoms with Gasteiger partial charge in [-0.1, -0.05) is 30.3 Å². The quantitative estimate of drug-likeness (QED) is 0.777. The lowest BCUT2D eigenvalue weighted by molar-refractivity contribution is -0.149. The lowest BCUT2D eigenvalue weighted by Gasteiger charge is -2.41. The zero-order chi connectivity index (χ0) is 19.4. The van der Waals surface area contributed by atoms with Gasteiger partial charge in [-0.15, -0.1) is 0 Å². The zero-order valence-corrected chi connectivity index (χ0v) is 16.6. The molecule has 2 aliphatic heterocycles. The number of aromatic amines is 1. The van der Waals surface area contributed by atoms with Crippen LogP contribution in [0.5, 0.6) is 0 Å². The minimum atomic E-state index is -0.0401. The number of hydrogen-bond donors (Lipinski definition) is 1. The number of nitrogens with zero attached hydrogens (tertiary/aromatic N) is 3. The van der Waals surface area contributed by atoms with Crippen LogP contribution in [0.15, 0.2) is 42.7 Å². The summed E-state index contributed by atoms with van der Waals surface area (Å²) < 4.78 is 5.19. The molecule has 2 aliphatic rings. The summed E-state index contributed by atoms with van der Waals surface area (Å²) in [4.78, 5) is 25.0. The van der Waals surface area contributed by atoms with E-state index in [9.17, 15) is 4.79 Å². The van der Waals surface area contributed by atoms with Crippen LogP contribution in [-0.2, 0) is 22.5 Å². The van der Waals surface area contributed by atoms with E-state index in [-0.39, 0.29) is 17.3 Å². The van der Waals surface area contributed by atoms with E-state index in [2.05, 4.69) is 50.1 Å². The van der Waals surface area contributed by atoms with Crippen LogP contribution in [0.1, 0.15) is 24.2 Å². The minimum Gasteiger partial charge on any atom is -0.469 e. The van der Waals surface area contributed by atoms with Gasteiger partial charge in [-0.25, -0.2) is 4.98 Å². The van der Waals surface area contributed by atoms with E-state index in [1.54, 1.807) is 6.20 Å². The molecule has 150 valence electrons. The Kier molecular flexibility index (Phi) is 5.78. The van der Waals surface area contributed by atoms with Crippen LogP contribution in [0.25, 0.3) is 0 Å². The van der Waals surface area contributed by atoms with Gasteiger partial charge < -0.3 is 14.6 Å². The molecule has 28 heavy (non-hydrogen) atoms. The Balaban J connectivity index is 1.39. The van der Waals surface area contributed by atoms with Gasteiger partial charge in [0.25, 0.3) is 0 Å². The zero-order valence-electron chi connectivity index (χ0n) is 16.6. The summed E-state index contributed by atoms with van der Waals surface area (Å²) in [6.07, 6.45) is 6.77. The number of piperidine rings is 1. The van der Waals surface area contributed by atoms with Gasteiger partial charge in [0, 0.05) is 37.4 Å². The van der Waals surface area contributed by atoms with Gasteiger partial charge in [0.15, 0.2) is 0 Å². The van der Waals surface area contributed by atoms with Crippen molar-refractivity contribution in [2.45, 2.75) is 25.8 Å². The van der Waals surface area contributed by atoms with Crippen molar-refractivity contribution >= 4 is 5.97 Å². The standard InChI is InChI=1S/C22H30N4O2/c1-28-21(27)19-15-26(12-7-18-5-3-2-4-6-18)17-22(19)8-13-25(14-9-22)16-20-23-10-11-24-20/h2-6,10-11,19H,7-9,12-17H2,1H3,(H,23,24). The van der Waals surface area contributed by atoms with Gasteiger partial charge in [-0.3, -0.25) is 9.69 Å². The summed E-state index contributed by atoms with van der Waals surface area (Å²) in [5.74, 6) is 0.956. The SMILES string of the molecule is COC(=O)C1CN(CCc2ccccc2)CC12CCN(Cc1ncc[nH]1)CC2. The first-order valence-corrected chi connectivity index (χ1v) is 10.2. The van der Waals surface area contributed by atoms with Crippen molar-refractivity contribution < 1.29 is 9.53 Å². The second-order valence-corrected chi connectivity index (χ2v) is 8.22. The monoisotopic (exact) mass is 382 g/mol. The summed E-state index contributed by atoms with van der Waals surface area (Å²) in [6.45, 7) is 5.66. The maximum Gasteiger partial charge on any atom is 0.310 e. The van der Waals surface area contributed by atoms with Gasteiger partial charge in [0.2, 0.25) is 0 Å². The number of esters is 1. The van der Waals surface area contributed by atoms with Crippen molar-refractivity contribution in [2.75, 3.05) is 39.8 Å². The van der Waals surface area contributed by atoms with E-state index in [0.29, 0.717) is 0 Å². The Labute approximate surface area is 166 Å². The first-order valence-electron chi connectivity index (χ1n) is 10.2. The number of hydrogen-bond acceptors (Lipinski definition) is 5. The van der Waals surface area contributed by atoms with Gasteiger partial charge in [0.1, 0.15) is 5.82 Å². The van der Waals surface area contributed by atoms with E-state index in [4.69, 9.17) is 4.74 Å². The molecular weight excluding hydrogens is 352 g/mol. The van der Waals surface area contributed by atoms with Gasteiger partial charge in [0.05, 0.1) is 19.6 Å². The molecule has 1 N–H and O–H groups in total. The van der Waals surface area contributed by atoms with Gasteiger partial charge in [-0.05, 0) is 37.9 Å². The second kappa shape index (κ2) is 8.45. The van der Waals surface area contributed by atoms with Crippen LogP contribution in [0.3, 0.4) is 0 Å². The van der Waals surface area contributed by atoms with Crippen LogP contribution in [-0.4, -0.2) is 65.6 Å². The molecule has 0 amide bonds. The Morgan fingerprint density at radius 3 is 2.71 bits per heavy atom. The van der Waals surface area contributed by atoms with Crippen molar-refractivity contribution in [3.05, 3.63) is 54.1 Å². The molecule has 6 nitrogen and oxygen atoms in total. The topological polar surface area (TPSA) is 61.5 Å². The van der Waals surface area contributed by atoms with E-state index in [1.807, 2.05) is 6.20 Å². The molecule has 0 bridgehead atoms. The van der Waals surface area contributed by atoms with E-state index >= 15 is 0 Å². The Morgan fingerprint density at radius 1 is 1.25 bits per heavy atom. The third-order valence-electron chi connectivity index (χ3n) is 6.54. The third kappa shape index (κ3) is 4.13. The average molecular weight is 383 g/mol. The third-order valence-corrected chi connectivity index (χ3v) is 6.54. The number of carbonyl (C=O) groups excluding carboxylic acids is 1. The number of methoxy groups -OCH3 is 1. The highest BCUT2D eigenvalue weighted by atomic mass is 16.5. The number of likely N-dealkylation sites (tertiary alicyclic amines) is 2. The molecule has 0 saturated carbocycles. The fourth-order valence-corrected chi connectivity index (χ4v) is 4.90. The van der Waals surface area contributed by atoms with Crippen molar-refractivity contribution in [3.8, 4) is 0 Å². The summed E-state index contributed by atoms with van der Waals surface area (Å²) in [5.41, 5.74) is 1.40. The van der Waals surface area contributed by atoms with E-state index in [1.165, 1.54) is 12.7 Å². The smallest absolute Gasteiger partial charge is 0.310 e. The first kappa shape index (κ1) is 19.2. The number of benzene rings is 1. The molecule has 2 saturated heterocycles. The fourth-order valence-electron chi connectivity index (χ4n) is 4.90. The normalized spacial score (nSPS) is 22.5. The summed E-state index contributed by atoms with van der Waals surface area (Å²) in [5, 5.41) is 0. The van der Waals surface area contributed by atoms with Crippen LogP contribution >= 0.6 is 0 Å². The van der Waals surface area contributed by atoms with E-state index < -0.39 is 0 Å². The fraction of sp³-hybridized carbons (Fsp3) is 0.545. The number of carbonyl (C=O) groups is 1. The lowest BCUT2D eigenvalue weighted by Crippen LogP contribution is -2.46. The number of rotatable bonds is 6. The molecule has 0 aliphatic carbocycles. The number of nitrogens with one attached hydrogen (secondary N) is 1.